The number of hydrogen-bond acceptors (Lipinski definition) is 4. The van der Waals surface area contributed by atoms with Gasteiger partial charge in [0.25, 0.3) is 5.91 Å². The van der Waals surface area contributed by atoms with Crippen LogP contribution in [0.5, 0.6) is 5.75 Å². The van der Waals surface area contributed by atoms with Crippen LogP contribution in [-0.2, 0) is 6.42 Å². The summed E-state index contributed by atoms with van der Waals surface area (Å²) in [7, 11) is 1.40. The first-order valence-corrected chi connectivity index (χ1v) is 9.26. The van der Waals surface area contributed by atoms with Gasteiger partial charge in [0, 0.05) is 34.8 Å². The molecule has 150 valence electrons. The second kappa shape index (κ2) is 6.34. The Morgan fingerprint density at radius 1 is 1.21 bits per heavy atom. The molecule has 0 spiro atoms. The number of nitrogens with zero attached hydrogens (tertiary/aromatic N) is 1. The van der Waals surface area contributed by atoms with E-state index >= 15 is 0 Å². The molecule has 0 bridgehead atoms. The number of primary amides is 1. The van der Waals surface area contributed by atoms with Gasteiger partial charge < -0.3 is 16.2 Å². The SMILES string of the molecule is COc1cc2c(-c3ccc(C(N)=O)c(N)c3)c3n(c2cc1F)C(=O)CC(C)(C)C3. The molecule has 0 radical (unpaired) electrons. The highest BCUT2D eigenvalue weighted by molar-refractivity contribution is 6.06. The number of anilines is 1. The zero-order chi connectivity index (χ0) is 21.1. The zero-order valence-electron chi connectivity index (χ0n) is 16.5. The number of aromatic nitrogens is 1. The third-order valence-electron chi connectivity index (χ3n) is 5.47. The topological polar surface area (TPSA) is 100 Å². The van der Waals surface area contributed by atoms with Crippen molar-refractivity contribution >= 4 is 28.4 Å². The Balaban J connectivity index is 2.09. The first-order valence-electron chi connectivity index (χ1n) is 9.26. The fourth-order valence-corrected chi connectivity index (χ4v) is 4.22. The monoisotopic (exact) mass is 395 g/mol. The molecule has 0 atom stereocenters. The van der Waals surface area contributed by atoms with Gasteiger partial charge in [-0.2, -0.15) is 0 Å². The molecule has 2 heterocycles. The van der Waals surface area contributed by atoms with Gasteiger partial charge in [-0.05, 0) is 35.6 Å². The molecule has 1 aliphatic rings. The number of nitrogen functional groups attached to an aromatic ring is 1. The number of nitrogens with two attached hydrogens (primary N) is 2. The summed E-state index contributed by atoms with van der Waals surface area (Å²) in [6, 6.07) is 7.91. The first kappa shape index (κ1) is 19.0. The van der Waals surface area contributed by atoms with E-state index in [0.717, 1.165) is 16.8 Å². The maximum Gasteiger partial charge on any atom is 0.250 e. The quantitative estimate of drug-likeness (QED) is 0.660. The van der Waals surface area contributed by atoms with E-state index < -0.39 is 11.7 Å². The Labute approximate surface area is 167 Å². The second-order valence-corrected chi connectivity index (χ2v) is 8.24. The number of carbonyl (C=O) groups excluding carboxylic acids is 2. The minimum atomic E-state index is -0.613. The molecule has 1 aliphatic heterocycles. The normalized spacial score (nSPS) is 15.4. The Kier molecular flexibility index (Phi) is 4.15. The van der Waals surface area contributed by atoms with Crippen LogP contribution in [0.15, 0.2) is 30.3 Å². The molecular formula is C22H22FN3O3. The van der Waals surface area contributed by atoms with Gasteiger partial charge in [-0.1, -0.05) is 19.9 Å². The van der Waals surface area contributed by atoms with Crippen molar-refractivity contribution in [3.8, 4) is 16.9 Å². The lowest BCUT2D eigenvalue weighted by Crippen LogP contribution is -2.31. The van der Waals surface area contributed by atoms with Crippen LogP contribution < -0.4 is 16.2 Å². The number of fused-ring (bicyclic) bond motifs is 3. The lowest BCUT2D eigenvalue weighted by Gasteiger charge is -2.30. The van der Waals surface area contributed by atoms with Crippen LogP contribution in [0, 0.1) is 11.2 Å². The molecule has 1 aromatic heterocycles. The third-order valence-corrected chi connectivity index (χ3v) is 5.47. The molecule has 6 nitrogen and oxygen atoms in total. The van der Waals surface area contributed by atoms with Gasteiger partial charge in [-0.15, -0.1) is 0 Å². The number of benzene rings is 2. The van der Waals surface area contributed by atoms with Gasteiger partial charge in [0.15, 0.2) is 11.6 Å². The molecule has 0 unspecified atom stereocenters. The predicted octanol–water partition coefficient (Wildman–Crippen LogP) is 3.75. The summed E-state index contributed by atoms with van der Waals surface area (Å²) >= 11 is 0. The van der Waals surface area contributed by atoms with Gasteiger partial charge in [-0.3, -0.25) is 14.2 Å². The van der Waals surface area contributed by atoms with Crippen LogP contribution in [-0.4, -0.2) is 23.5 Å². The van der Waals surface area contributed by atoms with Gasteiger partial charge in [-0.25, -0.2) is 4.39 Å². The Morgan fingerprint density at radius 3 is 2.55 bits per heavy atom. The van der Waals surface area contributed by atoms with Crippen molar-refractivity contribution in [1.82, 2.24) is 4.57 Å². The Hall–Kier alpha value is -3.35. The van der Waals surface area contributed by atoms with Crippen LogP contribution in [0.25, 0.3) is 22.0 Å². The Bertz CT molecular complexity index is 1190. The van der Waals surface area contributed by atoms with Gasteiger partial charge in [0.1, 0.15) is 0 Å². The number of methoxy groups -OCH3 is 1. The minimum absolute atomic E-state index is 0.0844. The largest absolute Gasteiger partial charge is 0.494 e. The maximum absolute atomic E-state index is 14.5. The Morgan fingerprint density at radius 2 is 1.93 bits per heavy atom. The molecule has 2 aromatic carbocycles. The van der Waals surface area contributed by atoms with E-state index in [0.29, 0.717) is 23.7 Å². The van der Waals surface area contributed by atoms with E-state index in [1.807, 2.05) is 13.8 Å². The summed E-state index contributed by atoms with van der Waals surface area (Å²) in [6.07, 6.45) is 0.990. The summed E-state index contributed by atoms with van der Waals surface area (Å²) in [6.45, 7) is 4.06. The number of ether oxygens (including phenoxy) is 1. The van der Waals surface area contributed by atoms with Gasteiger partial charge in [0.05, 0.1) is 18.2 Å². The summed E-state index contributed by atoms with van der Waals surface area (Å²) in [5.41, 5.74) is 14.4. The van der Waals surface area contributed by atoms with E-state index in [1.54, 1.807) is 28.8 Å². The van der Waals surface area contributed by atoms with Crippen molar-refractivity contribution in [2.24, 2.45) is 11.1 Å². The molecule has 0 fully saturated rings. The molecular weight excluding hydrogens is 373 g/mol. The molecule has 4 rings (SSSR count). The van der Waals surface area contributed by atoms with E-state index in [1.165, 1.54) is 13.2 Å². The molecule has 3 aromatic rings. The van der Waals surface area contributed by atoms with Crippen LogP contribution in [0.3, 0.4) is 0 Å². The standard InChI is InChI=1S/C22H22FN3O3/c1-22(2)9-17-20(11-4-5-12(21(25)28)15(24)6-11)13-7-18(29-3)14(23)8-16(13)26(17)19(27)10-22/h4-8H,9-10,24H2,1-3H3,(H2,25,28). The van der Waals surface area contributed by atoms with E-state index in [-0.39, 0.29) is 28.3 Å². The predicted molar refractivity (Wildman–Crippen MR) is 110 cm³/mol. The fraction of sp³-hybridized carbons (Fsp3) is 0.273. The van der Waals surface area contributed by atoms with Crippen molar-refractivity contribution in [2.75, 3.05) is 12.8 Å². The average molecular weight is 395 g/mol. The highest BCUT2D eigenvalue weighted by atomic mass is 19.1. The van der Waals surface area contributed by atoms with Crippen LogP contribution in [0.1, 0.15) is 41.1 Å². The molecule has 0 saturated heterocycles. The average Bonchev–Trinajstić information content (AvgIpc) is 2.92. The summed E-state index contributed by atoms with van der Waals surface area (Å²) in [5, 5.41) is 0.690. The van der Waals surface area contributed by atoms with Crippen LogP contribution in [0.2, 0.25) is 0 Å². The highest BCUT2D eigenvalue weighted by Crippen LogP contribution is 2.44. The van der Waals surface area contributed by atoms with Crippen molar-refractivity contribution in [1.29, 1.82) is 0 Å². The first-order chi connectivity index (χ1) is 13.6. The van der Waals surface area contributed by atoms with E-state index in [9.17, 15) is 14.0 Å². The fourth-order valence-electron chi connectivity index (χ4n) is 4.22. The van der Waals surface area contributed by atoms with Crippen molar-refractivity contribution < 1.29 is 18.7 Å². The van der Waals surface area contributed by atoms with E-state index in [4.69, 9.17) is 16.2 Å². The lowest BCUT2D eigenvalue weighted by atomic mass is 9.80. The number of hydrogen-bond donors (Lipinski definition) is 2. The third kappa shape index (κ3) is 2.93. The molecule has 4 N–H and O–H groups in total. The maximum atomic E-state index is 14.5. The van der Waals surface area contributed by atoms with Gasteiger partial charge in [0.2, 0.25) is 5.91 Å². The summed E-state index contributed by atoms with van der Waals surface area (Å²) < 4.78 is 21.2. The zero-order valence-corrected chi connectivity index (χ0v) is 16.5. The summed E-state index contributed by atoms with van der Waals surface area (Å²) in [5.74, 6) is -1.14. The molecule has 1 amide bonds. The molecule has 0 saturated carbocycles. The molecule has 29 heavy (non-hydrogen) atoms. The van der Waals surface area contributed by atoms with Crippen molar-refractivity contribution in [3.05, 3.63) is 47.4 Å². The molecule has 7 heteroatoms. The lowest BCUT2D eigenvalue weighted by molar-refractivity contribution is 0.0816. The number of halogens is 1. The number of carbonyl (C=O) groups is 2. The highest BCUT2D eigenvalue weighted by Gasteiger charge is 2.35. The second-order valence-electron chi connectivity index (χ2n) is 8.24. The van der Waals surface area contributed by atoms with Crippen molar-refractivity contribution in [2.45, 2.75) is 26.7 Å². The van der Waals surface area contributed by atoms with E-state index in [2.05, 4.69) is 0 Å². The van der Waals surface area contributed by atoms with Crippen LogP contribution >= 0.6 is 0 Å². The number of amides is 1. The smallest absolute Gasteiger partial charge is 0.250 e. The number of rotatable bonds is 3. The molecule has 0 aliphatic carbocycles. The van der Waals surface area contributed by atoms with Gasteiger partial charge >= 0.3 is 0 Å². The van der Waals surface area contributed by atoms with Crippen LogP contribution in [0.4, 0.5) is 10.1 Å². The summed E-state index contributed by atoms with van der Waals surface area (Å²) in [4.78, 5) is 24.5. The van der Waals surface area contributed by atoms with Crippen molar-refractivity contribution in [3.63, 3.8) is 0 Å². The minimum Gasteiger partial charge on any atom is -0.494 e.